The number of carbonyl (C=O) groups excluding carboxylic acids is 1. The van der Waals surface area contributed by atoms with Crippen LogP contribution in [0.4, 0.5) is 20.4 Å². The first-order valence-corrected chi connectivity index (χ1v) is 12.2. The molecule has 0 saturated carbocycles. The highest BCUT2D eigenvalue weighted by atomic mass is 32.2. The molecule has 1 saturated heterocycles. The molecule has 1 aliphatic heterocycles. The Bertz CT molecular complexity index is 1040. The Kier molecular flexibility index (Phi) is 7.64. The number of nitrogens with one attached hydrogen (secondary N) is 1. The van der Waals surface area contributed by atoms with Crippen LogP contribution < -0.4 is 10.2 Å². The number of piperidine rings is 1. The zero-order valence-corrected chi connectivity index (χ0v) is 18.9. The van der Waals surface area contributed by atoms with Gasteiger partial charge in [0.1, 0.15) is 0 Å². The van der Waals surface area contributed by atoms with Gasteiger partial charge < -0.3 is 10.2 Å². The van der Waals surface area contributed by atoms with Crippen molar-refractivity contribution in [3.05, 3.63) is 54.6 Å². The number of carbonyl (C=O) groups is 1. The van der Waals surface area contributed by atoms with E-state index in [4.69, 9.17) is 0 Å². The second-order valence-corrected chi connectivity index (χ2v) is 9.19. The minimum Gasteiger partial charge on any atom is -0.341 e. The number of hydrogen-bond donors (Lipinski definition) is 1. The van der Waals surface area contributed by atoms with E-state index in [0.29, 0.717) is 27.5 Å². The number of hydrogen-bond acceptors (Lipinski definition) is 6. The summed E-state index contributed by atoms with van der Waals surface area (Å²) >= 11 is 1.68. The molecular formula is C22H23F2N5OS2. The van der Waals surface area contributed by atoms with Crippen molar-refractivity contribution in [2.24, 2.45) is 0 Å². The molecule has 0 unspecified atom stereocenters. The summed E-state index contributed by atoms with van der Waals surface area (Å²) in [6.07, 6.45) is 3.44. The number of aromatic nitrogens is 3. The SMILES string of the molecule is O=C(CSc1nnc(N2CCCCC2)n1-c1ccccc1)Nc1ccccc1SC(F)F. The van der Waals surface area contributed by atoms with Gasteiger partial charge in [-0.25, -0.2) is 0 Å². The van der Waals surface area contributed by atoms with Gasteiger partial charge in [-0.05, 0) is 43.5 Å². The highest BCUT2D eigenvalue weighted by Gasteiger charge is 2.22. The van der Waals surface area contributed by atoms with Crippen molar-refractivity contribution in [3.63, 3.8) is 0 Å². The fraction of sp³-hybridized carbons (Fsp3) is 0.318. The smallest absolute Gasteiger partial charge is 0.288 e. The van der Waals surface area contributed by atoms with Gasteiger partial charge in [0.05, 0.1) is 17.1 Å². The normalized spacial score (nSPS) is 14.0. The quantitative estimate of drug-likeness (QED) is 0.446. The predicted molar refractivity (Wildman–Crippen MR) is 125 cm³/mol. The average Bonchev–Trinajstić information content (AvgIpc) is 3.24. The van der Waals surface area contributed by atoms with Gasteiger partial charge >= 0.3 is 0 Å². The summed E-state index contributed by atoms with van der Waals surface area (Å²) in [5.74, 6) is -1.99. The van der Waals surface area contributed by atoms with Crippen LogP contribution >= 0.6 is 23.5 Å². The summed E-state index contributed by atoms with van der Waals surface area (Å²) in [5, 5.41) is 12.1. The zero-order valence-electron chi connectivity index (χ0n) is 17.3. The standard InChI is InChI=1S/C22H23F2N5OS2/c23-20(24)32-18-12-6-5-11-17(18)25-19(30)15-31-22-27-26-21(28-13-7-2-8-14-28)29(22)16-9-3-1-4-10-16/h1,3-6,9-12,20H,2,7-8,13-15H2,(H,25,30). The molecule has 3 aromatic rings. The number of benzene rings is 2. The minimum absolute atomic E-state index is 0.0820. The van der Waals surface area contributed by atoms with E-state index in [-0.39, 0.29) is 11.7 Å². The van der Waals surface area contributed by atoms with Crippen LogP contribution in [-0.4, -0.2) is 45.3 Å². The van der Waals surface area contributed by atoms with E-state index >= 15 is 0 Å². The van der Waals surface area contributed by atoms with Gasteiger partial charge in [-0.15, -0.1) is 10.2 Å². The van der Waals surface area contributed by atoms with Crippen molar-refractivity contribution in [2.75, 3.05) is 29.1 Å². The molecule has 2 heterocycles. The predicted octanol–water partition coefficient (Wildman–Crippen LogP) is 5.30. The van der Waals surface area contributed by atoms with E-state index in [1.165, 1.54) is 18.2 Å². The van der Waals surface area contributed by atoms with Gasteiger partial charge in [0, 0.05) is 18.0 Å². The average molecular weight is 476 g/mol. The van der Waals surface area contributed by atoms with Crippen LogP contribution in [0, 0.1) is 0 Å². The van der Waals surface area contributed by atoms with Crippen LogP contribution in [0.3, 0.4) is 0 Å². The van der Waals surface area contributed by atoms with Gasteiger partial charge in [0.25, 0.3) is 5.76 Å². The highest BCUT2D eigenvalue weighted by molar-refractivity contribution is 8.00. The van der Waals surface area contributed by atoms with Gasteiger partial charge in [0.2, 0.25) is 11.9 Å². The van der Waals surface area contributed by atoms with E-state index in [1.54, 1.807) is 24.3 Å². The van der Waals surface area contributed by atoms with Crippen molar-refractivity contribution in [1.82, 2.24) is 14.8 Å². The number of anilines is 2. The summed E-state index contributed by atoms with van der Waals surface area (Å²) < 4.78 is 27.6. The van der Waals surface area contributed by atoms with E-state index in [0.717, 1.165) is 37.6 Å². The molecule has 0 spiro atoms. The number of para-hydroxylation sites is 2. The first-order chi connectivity index (χ1) is 15.6. The molecular weight excluding hydrogens is 452 g/mol. The van der Waals surface area contributed by atoms with E-state index in [2.05, 4.69) is 20.4 Å². The second-order valence-electron chi connectivity index (χ2n) is 7.21. The summed E-state index contributed by atoms with van der Waals surface area (Å²) in [5.41, 5.74) is 1.31. The number of alkyl halides is 2. The summed E-state index contributed by atoms with van der Waals surface area (Å²) in [7, 11) is 0. The third-order valence-electron chi connectivity index (χ3n) is 4.98. The fourth-order valence-electron chi connectivity index (χ4n) is 3.54. The lowest BCUT2D eigenvalue weighted by Crippen LogP contribution is -2.31. The molecule has 168 valence electrons. The van der Waals surface area contributed by atoms with Crippen LogP contribution in [0.25, 0.3) is 5.69 Å². The number of nitrogens with zero attached hydrogens (tertiary/aromatic N) is 4. The first-order valence-electron chi connectivity index (χ1n) is 10.3. The van der Waals surface area contributed by atoms with Crippen molar-refractivity contribution in [3.8, 4) is 5.69 Å². The molecule has 32 heavy (non-hydrogen) atoms. The van der Waals surface area contributed by atoms with Crippen LogP contribution in [0.1, 0.15) is 19.3 Å². The van der Waals surface area contributed by atoms with Gasteiger partial charge in [-0.2, -0.15) is 8.78 Å². The highest BCUT2D eigenvalue weighted by Crippen LogP contribution is 2.32. The maximum atomic E-state index is 12.8. The molecule has 1 aliphatic rings. The number of amides is 1. The molecule has 2 aromatic carbocycles. The van der Waals surface area contributed by atoms with Gasteiger partial charge in [-0.1, -0.05) is 53.9 Å². The van der Waals surface area contributed by atoms with Crippen molar-refractivity contribution in [2.45, 2.75) is 35.1 Å². The lowest BCUT2D eigenvalue weighted by molar-refractivity contribution is -0.113. The van der Waals surface area contributed by atoms with Crippen molar-refractivity contribution >= 4 is 41.1 Å². The van der Waals surface area contributed by atoms with Crippen LogP contribution in [0.5, 0.6) is 0 Å². The molecule has 0 aliphatic carbocycles. The molecule has 1 aromatic heterocycles. The largest absolute Gasteiger partial charge is 0.341 e. The topological polar surface area (TPSA) is 63.1 Å². The Hall–Kier alpha value is -2.59. The third kappa shape index (κ3) is 5.60. The van der Waals surface area contributed by atoms with E-state index < -0.39 is 5.76 Å². The van der Waals surface area contributed by atoms with Gasteiger partial charge in [-0.3, -0.25) is 9.36 Å². The van der Waals surface area contributed by atoms with Gasteiger partial charge in [0.15, 0.2) is 5.16 Å². The molecule has 1 fully saturated rings. The van der Waals surface area contributed by atoms with E-state index in [1.807, 2.05) is 34.9 Å². The first kappa shape index (κ1) is 22.6. The number of thioether (sulfide) groups is 2. The Labute approximate surface area is 193 Å². The van der Waals surface area contributed by atoms with Crippen molar-refractivity contribution in [1.29, 1.82) is 0 Å². The molecule has 1 amide bonds. The fourth-order valence-corrected chi connectivity index (χ4v) is 4.88. The monoisotopic (exact) mass is 475 g/mol. The zero-order chi connectivity index (χ0) is 22.3. The molecule has 0 radical (unpaired) electrons. The summed E-state index contributed by atoms with van der Waals surface area (Å²) in [6.45, 7) is 1.85. The number of halogens is 2. The Morgan fingerprint density at radius 2 is 1.72 bits per heavy atom. The lowest BCUT2D eigenvalue weighted by Gasteiger charge is -2.27. The van der Waals surface area contributed by atoms with Crippen LogP contribution in [0.2, 0.25) is 0 Å². The summed E-state index contributed by atoms with van der Waals surface area (Å²) in [6, 6.07) is 16.4. The Morgan fingerprint density at radius 3 is 2.47 bits per heavy atom. The Morgan fingerprint density at radius 1 is 1.00 bits per heavy atom. The van der Waals surface area contributed by atoms with E-state index in [9.17, 15) is 13.6 Å². The number of rotatable bonds is 8. The maximum Gasteiger partial charge on any atom is 0.288 e. The molecule has 10 heteroatoms. The molecule has 4 rings (SSSR count). The second kappa shape index (κ2) is 10.8. The minimum atomic E-state index is -2.56. The Balaban J connectivity index is 1.50. The molecule has 6 nitrogen and oxygen atoms in total. The van der Waals surface area contributed by atoms with Crippen LogP contribution in [-0.2, 0) is 4.79 Å². The molecule has 1 N–H and O–H groups in total. The molecule has 0 bridgehead atoms. The lowest BCUT2D eigenvalue weighted by atomic mass is 10.1. The van der Waals surface area contributed by atoms with Crippen molar-refractivity contribution < 1.29 is 13.6 Å². The molecule has 0 atom stereocenters. The summed E-state index contributed by atoms with van der Waals surface area (Å²) in [4.78, 5) is 15.1. The third-order valence-corrected chi connectivity index (χ3v) is 6.70. The maximum absolute atomic E-state index is 12.8. The van der Waals surface area contributed by atoms with Crippen LogP contribution in [0.15, 0.2) is 64.6 Å².